The maximum atomic E-state index is 4.53. The minimum absolute atomic E-state index is 0.844. The Labute approximate surface area is 125 Å². The molecule has 0 amide bonds. The van der Waals surface area contributed by atoms with Gasteiger partial charge in [0.15, 0.2) is 0 Å². The summed E-state index contributed by atoms with van der Waals surface area (Å²) in [5.41, 5.74) is 1.23. The molecule has 0 saturated carbocycles. The molecule has 1 unspecified atom stereocenters. The van der Waals surface area contributed by atoms with Crippen LogP contribution in [0.5, 0.6) is 0 Å². The van der Waals surface area contributed by atoms with E-state index < -0.39 is 0 Å². The number of aryl methyl sites for hydroxylation is 1. The molecular weight excluding hydrogens is 302 g/mol. The van der Waals surface area contributed by atoms with Crippen LogP contribution >= 0.6 is 15.9 Å². The molecule has 19 heavy (non-hydrogen) atoms. The van der Waals surface area contributed by atoms with Crippen LogP contribution in [0, 0.1) is 12.8 Å². The fourth-order valence-electron chi connectivity index (χ4n) is 2.92. The predicted octanol–water partition coefficient (Wildman–Crippen LogP) is 3.32. The molecule has 106 valence electrons. The summed E-state index contributed by atoms with van der Waals surface area (Å²) in [5.74, 6) is 1.95. The number of pyridine rings is 1. The molecule has 2 rings (SSSR count). The van der Waals surface area contributed by atoms with Gasteiger partial charge in [-0.1, -0.05) is 0 Å². The van der Waals surface area contributed by atoms with Crippen molar-refractivity contribution in [2.45, 2.75) is 26.2 Å². The van der Waals surface area contributed by atoms with Crippen molar-refractivity contribution in [3.05, 3.63) is 22.3 Å². The zero-order valence-electron chi connectivity index (χ0n) is 12.2. The summed E-state index contributed by atoms with van der Waals surface area (Å²) in [4.78, 5) is 9.27. The van der Waals surface area contributed by atoms with Gasteiger partial charge < -0.3 is 9.80 Å². The van der Waals surface area contributed by atoms with Gasteiger partial charge in [0.2, 0.25) is 0 Å². The Morgan fingerprint density at radius 3 is 3.00 bits per heavy atom. The lowest BCUT2D eigenvalue weighted by molar-refractivity contribution is 0.203. The summed E-state index contributed by atoms with van der Waals surface area (Å²) in [6, 6.07) is 2.13. The quantitative estimate of drug-likeness (QED) is 0.846. The highest BCUT2D eigenvalue weighted by Crippen LogP contribution is 2.22. The summed E-state index contributed by atoms with van der Waals surface area (Å²) in [6.45, 7) is 5.73. The summed E-state index contributed by atoms with van der Waals surface area (Å²) in [5, 5.41) is 0. The maximum Gasteiger partial charge on any atom is 0.131 e. The van der Waals surface area contributed by atoms with Crippen LogP contribution in [-0.2, 0) is 0 Å². The minimum atomic E-state index is 0.844. The van der Waals surface area contributed by atoms with Crippen LogP contribution in [-0.4, -0.2) is 43.6 Å². The Kier molecular flexibility index (Phi) is 5.22. The normalized spacial score (nSPS) is 20.5. The molecule has 1 aliphatic heterocycles. The van der Waals surface area contributed by atoms with E-state index >= 15 is 0 Å². The van der Waals surface area contributed by atoms with E-state index in [2.05, 4.69) is 57.8 Å². The van der Waals surface area contributed by atoms with Crippen LogP contribution in [0.15, 0.2) is 16.7 Å². The van der Waals surface area contributed by atoms with Gasteiger partial charge in [-0.15, -0.1) is 0 Å². The van der Waals surface area contributed by atoms with Gasteiger partial charge in [-0.2, -0.15) is 0 Å². The van der Waals surface area contributed by atoms with E-state index in [1.165, 1.54) is 37.9 Å². The summed E-state index contributed by atoms with van der Waals surface area (Å²) in [7, 11) is 4.38. The number of hydrogen-bond donors (Lipinski definition) is 0. The summed E-state index contributed by atoms with van der Waals surface area (Å²) < 4.78 is 1.05. The van der Waals surface area contributed by atoms with E-state index in [0.29, 0.717) is 0 Å². The van der Waals surface area contributed by atoms with E-state index in [4.69, 9.17) is 0 Å². The summed E-state index contributed by atoms with van der Waals surface area (Å²) in [6.07, 6.45) is 5.87. The van der Waals surface area contributed by atoms with E-state index in [0.717, 1.165) is 22.8 Å². The predicted molar refractivity (Wildman–Crippen MR) is 84.8 cm³/mol. The molecule has 0 N–H and O–H groups in total. The Morgan fingerprint density at radius 1 is 1.53 bits per heavy atom. The molecule has 0 bridgehead atoms. The molecule has 1 aromatic rings. The molecule has 1 aliphatic rings. The lowest BCUT2D eigenvalue weighted by Gasteiger charge is -2.31. The molecule has 0 aliphatic carbocycles. The monoisotopic (exact) mass is 325 g/mol. The SMILES string of the molecule is Cc1cc(Br)cnc1N(C)CCC1CCCN(C)C1. The molecule has 1 aromatic heterocycles. The second-order valence-electron chi connectivity index (χ2n) is 5.77. The second kappa shape index (κ2) is 6.71. The molecule has 2 heterocycles. The zero-order chi connectivity index (χ0) is 13.8. The number of hydrogen-bond acceptors (Lipinski definition) is 3. The summed E-state index contributed by atoms with van der Waals surface area (Å²) >= 11 is 3.47. The molecule has 1 saturated heterocycles. The van der Waals surface area contributed by atoms with E-state index in [1.807, 2.05) is 6.20 Å². The molecule has 1 fully saturated rings. The van der Waals surface area contributed by atoms with Crippen molar-refractivity contribution < 1.29 is 0 Å². The number of piperidine rings is 1. The van der Waals surface area contributed by atoms with E-state index in [-0.39, 0.29) is 0 Å². The molecule has 0 spiro atoms. The number of nitrogens with zero attached hydrogens (tertiary/aromatic N) is 3. The van der Waals surface area contributed by atoms with Crippen LogP contribution in [0.2, 0.25) is 0 Å². The number of likely N-dealkylation sites (tertiary alicyclic amines) is 1. The first-order valence-electron chi connectivity index (χ1n) is 7.08. The Hall–Kier alpha value is -0.610. The molecule has 0 radical (unpaired) electrons. The molecular formula is C15H24BrN3. The zero-order valence-corrected chi connectivity index (χ0v) is 13.8. The van der Waals surface area contributed by atoms with Crippen LogP contribution < -0.4 is 4.90 Å². The standard InChI is InChI=1S/C15H24BrN3/c1-12-9-14(16)10-17-15(12)19(3)8-6-13-5-4-7-18(2)11-13/h9-10,13H,4-8,11H2,1-3H3. The highest BCUT2D eigenvalue weighted by atomic mass is 79.9. The third-order valence-corrected chi connectivity index (χ3v) is 4.41. The molecule has 4 heteroatoms. The third-order valence-electron chi connectivity index (χ3n) is 3.97. The van der Waals surface area contributed by atoms with Crippen LogP contribution in [0.4, 0.5) is 5.82 Å². The minimum Gasteiger partial charge on any atom is -0.359 e. The number of aromatic nitrogens is 1. The van der Waals surface area contributed by atoms with Crippen molar-refractivity contribution in [3.8, 4) is 0 Å². The first-order valence-corrected chi connectivity index (χ1v) is 7.87. The van der Waals surface area contributed by atoms with Gasteiger partial charge in [0.05, 0.1) is 0 Å². The van der Waals surface area contributed by atoms with Crippen molar-refractivity contribution >= 4 is 21.7 Å². The number of halogens is 1. The molecule has 3 nitrogen and oxygen atoms in total. The van der Waals surface area contributed by atoms with Gasteiger partial charge in [-0.3, -0.25) is 0 Å². The van der Waals surface area contributed by atoms with Gasteiger partial charge in [0.25, 0.3) is 0 Å². The van der Waals surface area contributed by atoms with Crippen LogP contribution in [0.25, 0.3) is 0 Å². The Bertz CT molecular complexity index is 422. The first kappa shape index (κ1) is 14.8. The Morgan fingerprint density at radius 2 is 2.32 bits per heavy atom. The number of rotatable bonds is 4. The first-order chi connectivity index (χ1) is 9.06. The van der Waals surface area contributed by atoms with E-state index in [1.54, 1.807) is 0 Å². The van der Waals surface area contributed by atoms with Gasteiger partial charge in [-0.05, 0) is 73.3 Å². The highest BCUT2D eigenvalue weighted by Gasteiger charge is 2.18. The Balaban J connectivity index is 1.88. The molecule has 1 atom stereocenters. The lowest BCUT2D eigenvalue weighted by atomic mass is 9.95. The second-order valence-corrected chi connectivity index (χ2v) is 6.69. The fraction of sp³-hybridized carbons (Fsp3) is 0.667. The van der Waals surface area contributed by atoms with Gasteiger partial charge in [-0.25, -0.2) is 4.98 Å². The van der Waals surface area contributed by atoms with Crippen molar-refractivity contribution in [2.75, 3.05) is 38.6 Å². The van der Waals surface area contributed by atoms with Crippen LogP contribution in [0.3, 0.4) is 0 Å². The van der Waals surface area contributed by atoms with Gasteiger partial charge in [0, 0.05) is 30.8 Å². The average molecular weight is 326 g/mol. The largest absolute Gasteiger partial charge is 0.359 e. The van der Waals surface area contributed by atoms with Crippen molar-refractivity contribution in [2.24, 2.45) is 5.92 Å². The topological polar surface area (TPSA) is 19.4 Å². The fourth-order valence-corrected chi connectivity index (χ4v) is 3.37. The number of anilines is 1. The van der Waals surface area contributed by atoms with Crippen LogP contribution in [0.1, 0.15) is 24.8 Å². The average Bonchev–Trinajstić information content (AvgIpc) is 2.36. The molecule has 0 aromatic carbocycles. The van der Waals surface area contributed by atoms with Gasteiger partial charge >= 0.3 is 0 Å². The smallest absolute Gasteiger partial charge is 0.131 e. The van der Waals surface area contributed by atoms with Crippen molar-refractivity contribution in [1.82, 2.24) is 9.88 Å². The third kappa shape index (κ3) is 4.18. The van der Waals surface area contributed by atoms with Gasteiger partial charge in [0.1, 0.15) is 5.82 Å². The van der Waals surface area contributed by atoms with E-state index in [9.17, 15) is 0 Å². The maximum absolute atomic E-state index is 4.53. The highest BCUT2D eigenvalue weighted by molar-refractivity contribution is 9.10. The lowest BCUT2D eigenvalue weighted by Crippen LogP contribution is -2.34. The van der Waals surface area contributed by atoms with Crippen molar-refractivity contribution in [3.63, 3.8) is 0 Å². The van der Waals surface area contributed by atoms with Crippen molar-refractivity contribution in [1.29, 1.82) is 0 Å².